The first-order valence-electron chi connectivity index (χ1n) is 9.02. The lowest BCUT2D eigenvalue weighted by atomic mass is 10.1. The van der Waals surface area contributed by atoms with Gasteiger partial charge in [0.1, 0.15) is 12.4 Å². The topological polar surface area (TPSA) is 29.5 Å². The van der Waals surface area contributed by atoms with E-state index in [1.54, 1.807) is 4.90 Å². The van der Waals surface area contributed by atoms with Crippen LogP contribution in [-0.2, 0) is 11.4 Å². The lowest BCUT2D eigenvalue weighted by molar-refractivity contribution is -0.113. The van der Waals surface area contributed by atoms with Crippen LogP contribution in [0.15, 0.2) is 82.2 Å². The fourth-order valence-electron chi connectivity index (χ4n) is 2.92. The third-order valence-electron chi connectivity index (χ3n) is 4.43. The summed E-state index contributed by atoms with van der Waals surface area (Å²) in [4.78, 5) is 15.1. The summed E-state index contributed by atoms with van der Waals surface area (Å²) in [6.07, 6.45) is 1.82. The highest BCUT2D eigenvalue weighted by atomic mass is 79.9. The number of halogens is 2. The Kier molecular flexibility index (Phi) is 6.58. The van der Waals surface area contributed by atoms with E-state index in [2.05, 4.69) is 15.9 Å². The van der Waals surface area contributed by atoms with Crippen LogP contribution in [0.2, 0.25) is 5.02 Å². The van der Waals surface area contributed by atoms with Crippen molar-refractivity contribution in [3.8, 4) is 5.75 Å². The summed E-state index contributed by atoms with van der Waals surface area (Å²) in [5.74, 6) is 0.527. The van der Waals surface area contributed by atoms with Crippen molar-refractivity contribution in [3.05, 3.63) is 98.3 Å². The molecule has 1 saturated heterocycles. The number of hydrogen-bond acceptors (Lipinski definition) is 4. The fourth-order valence-corrected chi connectivity index (χ4v) is 4.67. The number of para-hydroxylation sites is 1. The first-order valence-corrected chi connectivity index (χ1v) is 11.4. The van der Waals surface area contributed by atoms with Gasteiger partial charge in [-0.2, -0.15) is 0 Å². The van der Waals surface area contributed by atoms with Crippen LogP contribution in [0.3, 0.4) is 0 Å². The molecular formula is C23H15BrClNO2S2. The van der Waals surface area contributed by atoms with Gasteiger partial charge in [0, 0.05) is 20.6 Å². The summed E-state index contributed by atoms with van der Waals surface area (Å²) < 4.78 is 7.44. The van der Waals surface area contributed by atoms with Crippen molar-refractivity contribution in [1.29, 1.82) is 0 Å². The van der Waals surface area contributed by atoms with Gasteiger partial charge in [0.05, 0.1) is 10.6 Å². The third-order valence-corrected chi connectivity index (χ3v) is 6.62. The van der Waals surface area contributed by atoms with Gasteiger partial charge in [-0.15, -0.1) is 0 Å². The second kappa shape index (κ2) is 9.35. The van der Waals surface area contributed by atoms with Crippen LogP contribution in [0.25, 0.3) is 6.08 Å². The van der Waals surface area contributed by atoms with Crippen molar-refractivity contribution in [2.45, 2.75) is 6.61 Å². The molecule has 0 unspecified atom stereocenters. The average molecular weight is 517 g/mol. The average Bonchev–Trinajstić information content (AvgIpc) is 3.02. The molecule has 0 radical (unpaired) electrons. The van der Waals surface area contributed by atoms with Gasteiger partial charge < -0.3 is 4.74 Å². The molecule has 0 N–H and O–H groups in total. The maximum Gasteiger partial charge on any atom is 0.270 e. The summed E-state index contributed by atoms with van der Waals surface area (Å²) in [5, 5.41) is 0.658. The second-order valence-corrected chi connectivity index (χ2v) is 9.41. The van der Waals surface area contributed by atoms with Gasteiger partial charge in [0.25, 0.3) is 5.91 Å². The predicted octanol–water partition coefficient (Wildman–Crippen LogP) is 7.09. The minimum absolute atomic E-state index is 0.145. The Morgan fingerprint density at radius 1 is 1.03 bits per heavy atom. The monoisotopic (exact) mass is 515 g/mol. The SMILES string of the molecule is O=C1/C(=C\c2ccccc2OCc2ccccc2Cl)SC(=S)N1c1ccc(Br)cc1. The molecule has 0 spiro atoms. The number of anilines is 1. The molecule has 0 saturated carbocycles. The zero-order valence-corrected chi connectivity index (χ0v) is 19.5. The van der Waals surface area contributed by atoms with Crippen LogP contribution in [0.5, 0.6) is 5.75 Å². The molecule has 1 aliphatic rings. The van der Waals surface area contributed by atoms with Crippen molar-refractivity contribution in [3.63, 3.8) is 0 Å². The number of carbonyl (C=O) groups is 1. The Bertz CT molecular complexity index is 1150. The Hall–Kier alpha value is -2.12. The number of thiocarbonyl (C=S) groups is 1. The minimum atomic E-state index is -0.145. The molecule has 0 aromatic heterocycles. The third kappa shape index (κ3) is 4.62. The maximum absolute atomic E-state index is 13.0. The number of nitrogens with zero attached hydrogens (tertiary/aromatic N) is 1. The van der Waals surface area contributed by atoms with Gasteiger partial charge in [-0.05, 0) is 42.5 Å². The van der Waals surface area contributed by atoms with Crippen molar-refractivity contribution in [2.24, 2.45) is 0 Å². The molecule has 3 nitrogen and oxygen atoms in total. The van der Waals surface area contributed by atoms with Crippen LogP contribution in [0.4, 0.5) is 5.69 Å². The molecule has 0 bridgehead atoms. The van der Waals surface area contributed by atoms with Gasteiger partial charge in [-0.1, -0.05) is 87.9 Å². The van der Waals surface area contributed by atoms with E-state index in [9.17, 15) is 4.79 Å². The molecule has 1 aliphatic heterocycles. The molecule has 7 heteroatoms. The molecule has 0 aliphatic carbocycles. The standard InChI is InChI=1S/C23H15BrClNO2S2/c24-17-9-11-18(12-10-17)26-22(27)21(30-23(26)29)13-15-5-2-4-8-20(15)28-14-16-6-1-3-7-19(16)25/h1-13H,14H2/b21-13+. The summed E-state index contributed by atoms with van der Waals surface area (Å²) in [5.41, 5.74) is 2.45. The van der Waals surface area contributed by atoms with E-state index in [1.807, 2.05) is 78.9 Å². The molecule has 3 aromatic rings. The number of amides is 1. The van der Waals surface area contributed by atoms with Crippen LogP contribution in [0, 0.1) is 0 Å². The first-order chi connectivity index (χ1) is 14.5. The van der Waals surface area contributed by atoms with Crippen LogP contribution >= 0.6 is 51.5 Å². The summed E-state index contributed by atoms with van der Waals surface area (Å²) in [6.45, 7) is 0.338. The zero-order chi connectivity index (χ0) is 21.1. The van der Waals surface area contributed by atoms with E-state index in [0.717, 1.165) is 21.3 Å². The van der Waals surface area contributed by atoms with Crippen molar-refractivity contribution >= 4 is 73.5 Å². The molecule has 30 heavy (non-hydrogen) atoms. The van der Waals surface area contributed by atoms with Crippen molar-refractivity contribution < 1.29 is 9.53 Å². The fraction of sp³-hybridized carbons (Fsp3) is 0.0435. The molecule has 3 aromatic carbocycles. The highest BCUT2D eigenvalue weighted by Crippen LogP contribution is 2.37. The Morgan fingerprint density at radius 3 is 2.50 bits per heavy atom. The minimum Gasteiger partial charge on any atom is -0.488 e. The van der Waals surface area contributed by atoms with E-state index in [1.165, 1.54) is 11.8 Å². The van der Waals surface area contributed by atoms with E-state index < -0.39 is 0 Å². The summed E-state index contributed by atoms with van der Waals surface area (Å²) >= 11 is 16.4. The summed E-state index contributed by atoms with van der Waals surface area (Å²) in [6, 6.07) is 22.6. The largest absolute Gasteiger partial charge is 0.488 e. The van der Waals surface area contributed by atoms with Gasteiger partial charge in [-0.3, -0.25) is 9.69 Å². The van der Waals surface area contributed by atoms with Gasteiger partial charge >= 0.3 is 0 Å². The molecule has 0 atom stereocenters. The number of benzene rings is 3. The molecular weight excluding hydrogens is 502 g/mol. The van der Waals surface area contributed by atoms with Crippen LogP contribution in [-0.4, -0.2) is 10.2 Å². The highest BCUT2D eigenvalue weighted by molar-refractivity contribution is 9.10. The van der Waals surface area contributed by atoms with E-state index in [4.69, 9.17) is 28.6 Å². The quantitative estimate of drug-likeness (QED) is 0.267. The zero-order valence-electron chi connectivity index (χ0n) is 15.5. The summed E-state index contributed by atoms with van der Waals surface area (Å²) in [7, 11) is 0. The Morgan fingerprint density at radius 2 is 1.73 bits per heavy atom. The van der Waals surface area contributed by atoms with Gasteiger partial charge in [-0.25, -0.2) is 0 Å². The lowest BCUT2D eigenvalue weighted by Crippen LogP contribution is -2.27. The second-order valence-electron chi connectivity index (χ2n) is 6.41. The first kappa shape index (κ1) is 21.1. The van der Waals surface area contributed by atoms with E-state index >= 15 is 0 Å². The van der Waals surface area contributed by atoms with Crippen molar-refractivity contribution in [1.82, 2.24) is 0 Å². The molecule has 4 rings (SSSR count). The number of hydrogen-bond donors (Lipinski definition) is 0. The smallest absolute Gasteiger partial charge is 0.270 e. The van der Waals surface area contributed by atoms with Crippen molar-refractivity contribution in [2.75, 3.05) is 4.90 Å². The molecule has 1 fully saturated rings. The molecule has 1 amide bonds. The number of thioether (sulfide) groups is 1. The Balaban J connectivity index is 1.58. The highest BCUT2D eigenvalue weighted by Gasteiger charge is 2.33. The number of ether oxygens (including phenoxy) is 1. The normalized spacial score (nSPS) is 15.1. The number of rotatable bonds is 5. The van der Waals surface area contributed by atoms with E-state index in [-0.39, 0.29) is 5.91 Å². The Labute approximate surface area is 197 Å². The van der Waals surface area contributed by atoms with Crippen LogP contribution < -0.4 is 9.64 Å². The van der Waals surface area contributed by atoms with Gasteiger partial charge in [0.15, 0.2) is 4.32 Å². The number of carbonyl (C=O) groups excluding carboxylic acids is 1. The molecule has 1 heterocycles. The lowest BCUT2D eigenvalue weighted by Gasteiger charge is -2.14. The van der Waals surface area contributed by atoms with E-state index in [0.29, 0.717) is 26.6 Å². The maximum atomic E-state index is 13.0. The van der Waals surface area contributed by atoms with Gasteiger partial charge in [0.2, 0.25) is 0 Å². The van der Waals surface area contributed by atoms with Crippen LogP contribution in [0.1, 0.15) is 11.1 Å². The molecule has 150 valence electrons. The predicted molar refractivity (Wildman–Crippen MR) is 132 cm³/mol.